The molecule has 0 bridgehead atoms. The van der Waals surface area contributed by atoms with E-state index in [4.69, 9.17) is 5.73 Å². The largest absolute Gasteiger partial charge is 0.398 e. The molecule has 0 amide bonds. The summed E-state index contributed by atoms with van der Waals surface area (Å²) in [4.78, 5) is 2.45. The van der Waals surface area contributed by atoms with Gasteiger partial charge >= 0.3 is 0 Å². The predicted molar refractivity (Wildman–Crippen MR) is 81.0 cm³/mol. The van der Waals surface area contributed by atoms with E-state index in [0.29, 0.717) is 5.69 Å². The van der Waals surface area contributed by atoms with Gasteiger partial charge in [0.1, 0.15) is 4.90 Å². The second-order valence-corrected chi connectivity index (χ2v) is 7.25. The Morgan fingerprint density at radius 1 is 1.35 bits per heavy atom. The van der Waals surface area contributed by atoms with Gasteiger partial charge < -0.3 is 10.6 Å². The molecule has 20 heavy (non-hydrogen) atoms. The summed E-state index contributed by atoms with van der Waals surface area (Å²) in [5.74, 6) is 0. The van der Waals surface area contributed by atoms with Crippen LogP contribution in [0.5, 0.6) is 0 Å². The minimum Gasteiger partial charge on any atom is -0.398 e. The molecular weight excluding hydrogens is 274 g/mol. The summed E-state index contributed by atoms with van der Waals surface area (Å²) in [5, 5.41) is 0. The van der Waals surface area contributed by atoms with E-state index in [-0.39, 0.29) is 10.9 Å². The van der Waals surface area contributed by atoms with Gasteiger partial charge in [-0.3, -0.25) is 0 Å². The molecule has 0 aliphatic carbocycles. The Kier molecular flexibility index (Phi) is 4.67. The Balaban J connectivity index is 2.06. The van der Waals surface area contributed by atoms with Crippen LogP contribution in [0.4, 0.5) is 5.69 Å². The standard InChI is InChI=1S/C14H23N3O2S/c1-11-5-6-14(13(15)9-11)20(18,19)16-12(2)10-17-7-3-4-8-17/h5-6,9,12,16H,3-4,7-8,10,15H2,1-2H3. The van der Waals surface area contributed by atoms with E-state index in [1.165, 1.54) is 12.8 Å². The van der Waals surface area contributed by atoms with E-state index >= 15 is 0 Å². The molecule has 0 spiro atoms. The van der Waals surface area contributed by atoms with Crippen molar-refractivity contribution in [1.29, 1.82) is 0 Å². The molecular formula is C14H23N3O2S. The molecule has 1 aliphatic heterocycles. The monoisotopic (exact) mass is 297 g/mol. The lowest BCUT2D eigenvalue weighted by Crippen LogP contribution is -2.41. The van der Waals surface area contributed by atoms with Crippen molar-refractivity contribution in [2.45, 2.75) is 37.6 Å². The fraction of sp³-hybridized carbons (Fsp3) is 0.571. The first kappa shape index (κ1) is 15.3. The third kappa shape index (κ3) is 3.71. The van der Waals surface area contributed by atoms with Crippen LogP contribution in [-0.2, 0) is 10.0 Å². The fourth-order valence-electron chi connectivity index (χ4n) is 2.63. The predicted octanol–water partition coefficient (Wildman–Crippen LogP) is 1.34. The quantitative estimate of drug-likeness (QED) is 0.804. The normalized spacial score (nSPS) is 18.3. The number of nitrogen functional groups attached to an aromatic ring is 1. The summed E-state index contributed by atoms with van der Waals surface area (Å²) in [7, 11) is -3.55. The van der Waals surface area contributed by atoms with Gasteiger partial charge in [-0.1, -0.05) is 6.07 Å². The van der Waals surface area contributed by atoms with Crippen LogP contribution in [0.3, 0.4) is 0 Å². The van der Waals surface area contributed by atoms with Gasteiger partial charge in [0.05, 0.1) is 5.69 Å². The van der Waals surface area contributed by atoms with Crippen molar-refractivity contribution in [1.82, 2.24) is 9.62 Å². The molecule has 1 aromatic rings. The van der Waals surface area contributed by atoms with Gasteiger partial charge in [-0.15, -0.1) is 0 Å². The Hall–Kier alpha value is -1.11. The van der Waals surface area contributed by atoms with Crippen molar-refractivity contribution < 1.29 is 8.42 Å². The first-order chi connectivity index (χ1) is 9.38. The molecule has 1 saturated heterocycles. The van der Waals surface area contributed by atoms with Gasteiger partial charge in [-0.2, -0.15) is 0 Å². The van der Waals surface area contributed by atoms with Crippen LogP contribution in [0.25, 0.3) is 0 Å². The van der Waals surface area contributed by atoms with E-state index in [1.807, 2.05) is 13.8 Å². The summed E-state index contributed by atoms with van der Waals surface area (Å²) in [6.45, 7) is 6.62. The Morgan fingerprint density at radius 3 is 2.60 bits per heavy atom. The Bertz CT molecular complexity index is 566. The molecule has 1 heterocycles. The van der Waals surface area contributed by atoms with E-state index in [1.54, 1.807) is 18.2 Å². The first-order valence-corrected chi connectivity index (χ1v) is 8.47. The van der Waals surface area contributed by atoms with E-state index in [2.05, 4.69) is 9.62 Å². The zero-order valence-electron chi connectivity index (χ0n) is 12.1. The average molecular weight is 297 g/mol. The van der Waals surface area contributed by atoms with Crippen LogP contribution in [0.1, 0.15) is 25.3 Å². The fourth-order valence-corrected chi connectivity index (χ4v) is 3.98. The highest BCUT2D eigenvalue weighted by atomic mass is 32.2. The van der Waals surface area contributed by atoms with Crippen molar-refractivity contribution in [2.24, 2.45) is 0 Å². The van der Waals surface area contributed by atoms with Crippen LogP contribution in [0.15, 0.2) is 23.1 Å². The maximum absolute atomic E-state index is 12.3. The summed E-state index contributed by atoms with van der Waals surface area (Å²) in [5.41, 5.74) is 7.06. The van der Waals surface area contributed by atoms with E-state index < -0.39 is 10.0 Å². The first-order valence-electron chi connectivity index (χ1n) is 6.99. The highest BCUT2D eigenvalue weighted by molar-refractivity contribution is 7.89. The number of hydrogen-bond donors (Lipinski definition) is 2. The summed E-state index contributed by atoms with van der Waals surface area (Å²) in [6.07, 6.45) is 2.40. The molecule has 2 rings (SSSR count). The molecule has 0 aromatic heterocycles. The number of anilines is 1. The van der Waals surface area contributed by atoms with Gasteiger partial charge in [0.15, 0.2) is 0 Å². The highest BCUT2D eigenvalue weighted by Crippen LogP contribution is 2.19. The van der Waals surface area contributed by atoms with Gasteiger partial charge in [-0.05, 0) is 57.5 Å². The molecule has 1 unspecified atom stereocenters. The van der Waals surface area contributed by atoms with Crippen LogP contribution in [0, 0.1) is 6.92 Å². The number of nitrogens with two attached hydrogens (primary N) is 1. The number of benzene rings is 1. The van der Waals surface area contributed by atoms with Crippen molar-refractivity contribution in [3.05, 3.63) is 23.8 Å². The summed E-state index contributed by atoms with van der Waals surface area (Å²) >= 11 is 0. The van der Waals surface area contributed by atoms with Crippen molar-refractivity contribution in [2.75, 3.05) is 25.4 Å². The maximum Gasteiger partial charge on any atom is 0.242 e. The number of likely N-dealkylation sites (tertiary alicyclic amines) is 1. The highest BCUT2D eigenvalue weighted by Gasteiger charge is 2.22. The second kappa shape index (κ2) is 6.11. The minimum absolute atomic E-state index is 0.126. The third-order valence-electron chi connectivity index (χ3n) is 3.54. The van der Waals surface area contributed by atoms with Crippen LogP contribution >= 0.6 is 0 Å². The smallest absolute Gasteiger partial charge is 0.242 e. The topological polar surface area (TPSA) is 75.4 Å². The number of nitrogens with one attached hydrogen (secondary N) is 1. The number of aryl methyl sites for hydroxylation is 1. The lowest BCUT2D eigenvalue weighted by molar-refractivity contribution is 0.313. The maximum atomic E-state index is 12.3. The van der Waals surface area contributed by atoms with Gasteiger partial charge in [0.2, 0.25) is 10.0 Å². The molecule has 0 saturated carbocycles. The molecule has 1 atom stereocenters. The molecule has 6 heteroatoms. The van der Waals surface area contributed by atoms with Gasteiger partial charge in [-0.25, -0.2) is 13.1 Å². The van der Waals surface area contributed by atoms with E-state index in [9.17, 15) is 8.42 Å². The summed E-state index contributed by atoms with van der Waals surface area (Å²) < 4.78 is 27.4. The third-order valence-corrected chi connectivity index (χ3v) is 5.21. The summed E-state index contributed by atoms with van der Waals surface area (Å²) in [6, 6.07) is 4.88. The second-order valence-electron chi connectivity index (χ2n) is 5.57. The minimum atomic E-state index is -3.55. The van der Waals surface area contributed by atoms with Crippen molar-refractivity contribution in [3.63, 3.8) is 0 Å². The van der Waals surface area contributed by atoms with Crippen LogP contribution in [-0.4, -0.2) is 39.0 Å². The Morgan fingerprint density at radius 2 is 2.00 bits per heavy atom. The van der Waals surface area contributed by atoms with Crippen LogP contribution in [0.2, 0.25) is 0 Å². The number of hydrogen-bond acceptors (Lipinski definition) is 4. The Labute approximate surface area is 121 Å². The number of nitrogens with zero attached hydrogens (tertiary/aromatic N) is 1. The molecule has 0 radical (unpaired) electrons. The zero-order chi connectivity index (χ0) is 14.8. The van der Waals surface area contributed by atoms with Gasteiger partial charge in [0.25, 0.3) is 0 Å². The van der Waals surface area contributed by atoms with Crippen molar-refractivity contribution in [3.8, 4) is 0 Å². The molecule has 1 aliphatic rings. The van der Waals surface area contributed by atoms with Gasteiger partial charge in [0, 0.05) is 12.6 Å². The molecule has 1 aromatic carbocycles. The van der Waals surface area contributed by atoms with Crippen LogP contribution < -0.4 is 10.5 Å². The molecule has 5 nitrogen and oxygen atoms in total. The number of sulfonamides is 1. The zero-order valence-corrected chi connectivity index (χ0v) is 12.9. The molecule has 112 valence electrons. The SMILES string of the molecule is Cc1ccc(S(=O)(=O)NC(C)CN2CCCC2)c(N)c1. The molecule has 3 N–H and O–H groups in total. The average Bonchev–Trinajstić information content (AvgIpc) is 2.79. The number of rotatable bonds is 5. The molecule has 1 fully saturated rings. The lowest BCUT2D eigenvalue weighted by Gasteiger charge is -2.21. The van der Waals surface area contributed by atoms with E-state index in [0.717, 1.165) is 25.2 Å². The lowest BCUT2D eigenvalue weighted by atomic mass is 10.2. The van der Waals surface area contributed by atoms with Crippen molar-refractivity contribution >= 4 is 15.7 Å².